The van der Waals surface area contributed by atoms with Crippen LogP contribution in [0, 0.1) is 17.8 Å². The molecule has 0 aromatic heterocycles. The van der Waals surface area contributed by atoms with Gasteiger partial charge in [-0.3, -0.25) is 28.8 Å². The van der Waals surface area contributed by atoms with Gasteiger partial charge in [0.1, 0.15) is 24.4 Å². The number of hydrogen-bond donors (Lipinski definition) is 3. The minimum absolute atomic E-state index is 0.0342. The van der Waals surface area contributed by atoms with Crippen molar-refractivity contribution in [2.24, 2.45) is 17.8 Å². The van der Waals surface area contributed by atoms with Crippen molar-refractivity contribution in [1.29, 1.82) is 0 Å². The van der Waals surface area contributed by atoms with Crippen molar-refractivity contribution in [3.8, 4) is 0 Å². The lowest BCUT2D eigenvalue weighted by Gasteiger charge is -2.37. The monoisotopic (exact) mass is 1060 g/mol. The summed E-state index contributed by atoms with van der Waals surface area (Å²) in [6, 6.07) is 26.1. The first kappa shape index (κ1) is 57.0. The summed E-state index contributed by atoms with van der Waals surface area (Å²) in [5.41, 5.74) is 2.74. The molecule has 15 heteroatoms. The molecule has 4 fully saturated rings. The highest BCUT2D eigenvalue weighted by molar-refractivity contribution is 6.02. The molecule has 2 saturated carbocycles. The summed E-state index contributed by atoms with van der Waals surface area (Å²) in [6.07, 6.45) is 7.66. The number of likely N-dealkylation sites (N-methyl/N-ethyl adjacent to an activating group) is 1. The van der Waals surface area contributed by atoms with E-state index in [0.29, 0.717) is 34.7 Å². The molecule has 13 nitrogen and oxygen atoms in total. The predicted octanol–water partition coefficient (Wildman–Crippen LogP) is 8.48. The minimum Gasteiger partial charge on any atom is -0.344 e. The third-order valence-electron chi connectivity index (χ3n) is 17.0. The van der Waals surface area contributed by atoms with E-state index < -0.39 is 42.6 Å². The fourth-order valence-corrected chi connectivity index (χ4v) is 12.1. The Morgan fingerprint density at radius 2 is 0.948 bits per heavy atom. The molecule has 8 rings (SSSR count). The number of alkyl halides is 2. The summed E-state index contributed by atoms with van der Waals surface area (Å²) in [6.45, 7) is 6.15. The topological polar surface area (TPSA) is 151 Å². The first-order chi connectivity index (χ1) is 37.2. The van der Waals surface area contributed by atoms with Crippen LogP contribution in [0.25, 0.3) is 10.8 Å². The number of fused-ring (bicyclic) bond motifs is 1. The average Bonchev–Trinajstić information content (AvgIpc) is 4.03. The standard InChI is InChI=1S/C62H81F2N7O6/c1-41(2)57(72)66-55(45-21-13-7-14-22-45)61(76)70-35-31-51(63)53(70)39-68(33-29-43-17-9-5-10-18-43)59(74)49-27-25-48-38-50(28-26-47(48)37-49)60(75)69(34-30-44-19-11-6-12-20-44)40-54-52(64)32-36-71(54)62(77)56(46-23-15-8-16-24-46)67-58(73)42(3)65-4/h5-6,9-12,17-20,25-28,37-38,41-42,45-46,51-56,65H,7-8,13-16,21-24,29-36,39-40H2,1-4H3,(H,66,72)(H,67,73)/t42-,51-,52-,53+,54+,55-,56-/m0/s1. The van der Waals surface area contributed by atoms with Gasteiger partial charge in [-0.25, -0.2) is 8.78 Å². The lowest BCUT2D eigenvalue weighted by Crippen LogP contribution is -2.58. The van der Waals surface area contributed by atoms with Crippen molar-refractivity contribution < 1.29 is 37.5 Å². The molecule has 4 aromatic carbocycles. The van der Waals surface area contributed by atoms with Crippen molar-refractivity contribution in [3.05, 3.63) is 119 Å². The Morgan fingerprint density at radius 3 is 1.34 bits per heavy atom. The van der Waals surface area contributed by atoms with Gasteiger partial charge in [-0.1, -0.05) is 125 Å². The third kappa shape index (κ3) is 14.3. The highest BCUT2D eigenvalue weighted by atomic mass is 19.1. The van der Waals surface area contributed by atoms with E-state index >= 15 is 8.78 Å². The van der Waals surface area contributed by atoms with E-state index in [1.807, 2.05) is 60.7 Å². The van der Waals surface area contributed by atoms with Crippen LogP contribution in [-0.4, -0.2) is 144 Å². The van der Waals surface area contributed by atoms with Gasteiger partial charge in [0.15, 0.2) is 0 Å². The predicted molar refractivity (Wildman–Crippen MR) is 296 cm³/mol. The largest absolute Gasteiger partial charge is 0.344 e. The molecule has 3 N–H and O–H groups in total. The smallest absolute Gasteiger partial charge is 0.253 e. The summed E-state index contributed by atoms with van der Waals surface area (Å²) < 4.78 is 32.5. The highest BCUT2D eigenvalue weighted by Gasteiger charge is 2.46. The molecule has 7 atom stereocenters. The normalized spacial score (nSPS) is 21.4. The summed E-state index contributed by atoms with van der Waals surface area (Å²) in [5, 5.41) is 10.4. The number of nitrogens with one attached hydrogen (secondary N) is 3. The first-order valence-electron chi connectivity index (χ1n) is 28.6. The zero-order valence-corrected chi connectivity index (χ0v) is 45.6. The number of carbonyl (C=O) groups is 6. The van der Waals surface area contributed by atoms with Crippen LogP contribution in [0.3, 0.4) is 0 Å². The van der Waals surface area contributed by atoms with Gasteiger partial charge < -0.3 is 35.6 Å². The molecule has 0 radical (unpaired) electrons. The second kappa shape index (κ2) is 26.9. The molecule has 2 aliphatic carbocycles. The maximum absolute atomic E-state index is 16.3. The molecule has 414 valence electrons. The summed E-state index contributed by atoms with van der Waals surface area (Å²) in [7, 11) is 1.69. The molecule has 77 heavy (non-hydrogen) atoms. The van der Waals surface area contributed by atoms with Gasteiger partial charge in [0.05, 0.1) is 18.1 Å². The van der Waals surface area contributed by atoms with Crippen molar-refractivity contribution >= 4 is 46.2 Å². The lowest BCUT2D eigenvalue weighted by molar-refractivity contribution is -0.140. The molecular weight excluding hydrogens is 977 g/mol. The van der Waals surface area contributed by atoms with Crippen LogP contribution in [0.1, 0.15) is 130 Å². The second-order valence-corrected chi connectivity index (χ2v) is 22.5. The molecule has 0 bridgehead atoms. The molecule has 2 saturated heterocycles. The van der Waals surface area contributed by atoms with Gasteiger partial charge in [-0.05, 0) is 123 Å². The number of hydrogen-bond acceptors (Lipinski definition) is 7. The van der Waals surface area contributed by atoms with Crippen LogP contribution in [0.5, 0.6) is 0 Å². The van der Waals surface area contributed by atoms with E-state index in [2.05, 4.69) is 16.0 Å². The average molecular weight is 1060 g/mol. The first-order valence-corrected chi connectivity index (χ1v) is 28.6. The number of likely N-dealkylation sites (tertiary alicyclic amines) is 2. The summed E-state index contributed by atoms with van der Waals surface area (Å²) in [4.78, 5) is 91.7. The van der Waals surface area contributed by atoms with Crippen LogP contribution in [-0.2, 0) is 32.0 Å². The number of carbonyl (C=O) groups excluding carboxylic acids is 6. The summed E-state index contributed by atoms with van der Waals surface area (Å²) >= 11 is 0. The van der Waals surface area contributed by atoms with Crippen molar-refractivity contribution in [2.75, 3.05) is 46.3 Å². The molecule has 6 amide bonds. The molecule has 2 aliphatic heterocycles. The van der Waals surface area contributed by atoms with Gasteiger partial charge >= 0.3 is 0 Å². The van der Waals surface area contributed by atoms with Crippen LogP contribution in [0.15, 0.2) is 97.1 Å². The van der Waals surface area contributed by atoms with Gasteiger partial charge in [0.25, 0.3) is 11.8 Å². The van der Waals surface area contributed by atoms with E-state index in [9.17, 15) is 28.8 Å². The van der Waals surface area contributed by atoms with E-state index in [-0.39, 0.29) is 105 Å². The fourth-order valence-electron chi connectivity index (χ4n) is 12.1. The Hall–Kier alpha value is -6.22. The zero-order chi connectivity index (χ0) is 54.6. The maximum atomic E-state index is 16.3. The van der Waals surface area contributed by atoms with Crippen LogP contribution in [0.4, 0.5) is 8.78 Å². The Kier molecular flexibility index (Phi) is 19.9. The SMILES string of the molecule is CN[C@@H](C)C(=O)N[C@H](C(=O)N1CC[C@H](F)[C@H]1CN(CCc1ccccc1)C(=O)c1ccc2cc(C(=O)N(CCc3ccccc3)C[C@@H]3[C@@H](F)CCN3C(=O)[C@@H](NC(=O)C(C)C)C3CCCCC3)ccc2c1)C1CCCCC1. The Labute approximate surface area is 454 Å². The number of amides is 6. The molecule has 0 spiro atoms. The zero-order valence-electron chi connectivity index (χ0n) is 45.6. The second-order valence-electron chi connectivity index (χ2n) is 22.5. The van der Waals surface area contributed by atoms with Crippen LogP contribution < -0.4 is 16.0 Å². The van der Waals surface area contributed by atoms with Gasteiger partial charge in [0.2, 0.25) is 23.6 Å². The maximum Gasteiger partial charge on any atom is 0.253 e. The van der Waals surface area contributed by atoms with E-state index in [0.717, 1.165) is 75.3 Å². The number of nitrogens with zero attached hydrogens (tertiary/aromatic N) is 4. The van der Waals surface area contributed by atoms with Crippen molar-refractivity contribution in [2.45, 2.75) is 153 Å². The molecule has 4 aliphatic rings. The molecule has 2 heterocycles. The van der Waals surface area contributed by atoms with E-state index in [4.69, 9.17) is 0 Å². The minimum atomic E-state index is -1.38. The van der Waals surface area contributed by atoms with Crippen molar-refractivity contribution in [1.82, 2.24) is 35.6 Å². The number of benzene rings is 4. The molecule has 4 aromatic rings. The van der Waals surface area contributed by atoms with Gasteiger partial charge in [-0.15, -0.1) is 0 Å². The van der Waals surface area contributed by atoms with Crippen LogP contribution in [0.2, 0.25) is 0 Å². The fraction of sp³-hybridized carbons (Fsp3) is 0.548. The Bertz CT molecular complexity index is 2650. The molecule has 0 unspecified atom stereocenters. The number of rotatable bonds is 21. The molecular formula is C62H81F2N7O6. The van der Waals surface area contributed by atoms with Gasteiger partial charge in [-0.2, -0.15) is 0 Å². The number of halogens is 2. The van der Waals surface area contributed by atoms with E-state index in [1.165, 1.54) is 0 Å². The third-order valence-corrected chi connectivity index (χ3v) is 17.0. The van der Waals surface area contributed by atoms with Crippen LogP contribution >= 0.6 is 0 Å². The Morgan fingerprint density at radius 1 is 0.545 bits per heavy atom. The van der Waals surface area contributed by atoms with Gasteiger partial charge in [0, 0.05) is 56.3 Å². The quantitative estimate of drug-likeness (QED) is 0.0758. The van der Waals surface area contributed by atoms with Crippen molar-refractivity contribution in [3.63, 3.8) is 0 Å². The summed E-state index contributed by atoms with van der Waals surface area (Å²) in [5.74, 6) is -2.19. The lowest BCUT2D eigenvalue weighted by atomic mass is 9.83. The Balaban J connectivity index is 1.03. The highest BCUT2D eigenvalue weighted by Crippen LogP contribution is 2.33. The van der Waals surface area contributed by atoms with E-state index in [1.54, 1.807) is 83.8 Å².